The second-order valence-electron chi connectivity index (χ2n) is 3.97. The Morgan fingerprint density at radius 2 is 2.22 bits per heavy atom. The number of carbonyl (C=O) groups excluding carboxylic acids is 1. The summed E-state index contributed by atoms with van der Waals surface area (Å²) in [6.45, 7) is -0.296. The van der Waals surface area contributed by atoms with Gasteiger partial charge in [-0.2, -0.15) is 0 Å². The number of amides is 1. The van der Waals surface area contributed by atoms with Crippen LogP contribution < -0.4 is 10.2 Å². The molecule has 0 aliphatic carbocycles. The summed E-state index contributed by atoms with van der Waals surface area (Å²) < 4.78 is 5.45. The zero-order chi connectivity index (χ0) is 13.0. The number of hydrogen-bond acceptors (Lipinski definition) is 4. The number of hydrogen-bond donors (Lipinski definition) is 2. The van der Waals surface area contributed by atoms with Gasteiger partial charge in [0, 0.05) is 0 Å². The molecule has 0 aromatic heterocycles. The normalized spacial score (nSPS) is 17.4. The van der Waals surface area contributed by atoms with Gasteiger partial charge in [0.05, 0.1) is 5.92 Å². The Kier molecular flexibility index (Phi) is 3.78. The number of carbonyl (C=O) groups is 2. The lowest BCUT2D eigenvalue weighted by molar-refractivity contribution is -0.151. The number of nitrogens with one attached hydrogen (secondary N) is 1. The van der Waals surface area contributed by atoms with E-state index in [9.17, 15) is 9.59 Å². The van der Waals surface area contributed by atoms with Crippen molar-refractivity contribution >= 4 is 11.9 Å². The van der Waals surface area contributed by atoms with Gasteiger partial charge >= 0.3 is 5.97 Å². The van der Waals surface area contributed by atoms with E-state index in [1.807, 2.05) is 24.3 Å². The molecule has 0 saturated heterocycles. The number of hydroxylamine groups is 1. The van der Waals surface area contributed by atoms with E-state index in [1.165, 1.54) is 0 Å². The van der Waals surface area contributed by atoms with Crippen molar-refractivity contribution in [3.63, 3.8) is 0 Å². The van der Waals surface area contributed by atoms with Crippen LogP contribution in [0, 0.1) is 5.92 Å². The first-order chi connectivity index (χ1) is 8.66. The summed E-state index contributed by atoms with van der Waals surface area (Å²) >= 11 is 0. The molecule has 1 aromatic carbocycles. The number of rotatable bonds is 4. The minimum Gasteiger partial charge on any atom is -0.492 e. The van der Waals surface area contributed by atoms with Crippen LogP contribution >= 0.6 is 0 Å². The van der Waals surface area contributed by atoms with Crippen LogP contribution in [-0.4, -0.2) is 30.2 Å². The van der Waals surface area contributed by atoms with Gasteiger partial charge < -0.3 is 9.84 Å². The van der Waals surface area contributed by atoms with Gasteiger partial charge in [0.1, 0.15) is 12.4 Å². The van der Waals surface area contributed by atoms with E-state index in [2.05, 4.69) is 10.3 Å². The number of benzene rings is 1. The molecule has 0 radical (unpaired) electrons. The number of carboxylic acids is 1. The zero-order valence-corrected chi connectivity index (χ0v) is 9.59. The Morgan fingerprint density at radius 3 is 3.00 bits per heavy atom. The van der Waals surface area contributed by atoms with E-state index in [4.69, 9.17) is 9.84 Å². The third-order valence-electron chi connectivity index (χ3n) is 2.62. The van der Waals surface area contributed by atoms with Gasteiger partial charge in [-0.15, -0.1) is 0 Å². The van der Waals surface area contributed by atoms with Crippen molar-refractivity contribution < 1.29 is 24.3 Å². The van der Waals surface area contributed by atoms with E-state index < -0.39 is 12.6 Å². The molecule has 6 nitrogen and oxygen atoms in total. The van der Waals surface area contributed by atoms with Crippen molar-refractivity contribution in [2.75, 3.05) is 13.2 Å². The minimum absolute atomic E-state index is 0.263. The fourth-order valence-corrected chi connectivity index (χ4v) is 1.75. The third-order valence-corrected chi connectivity index (χ3v) is 2.62. The summed E-state index contributed by atoms with van der Waals surface area (Å²) in [5.74, 6) is -1.09. The molecule has 1 aromatic rings. The highest BCUT2D eigenvalue weighted by atomic mass is 16.7. The SMILES string of the molecule is O=C(O)CONC(=O)C1COc2ccccc2C1. The maximum Gasteiger partial charge on any atom is 0.332 e. The van der Waals surface area contributed by atoms with Crippen molar-refractivity contribution in [3.8, 4) is 5.75 Å². The van der Waals surface area contributed by atoms with Crippen molar-refractivity contribution in [2.45, 2.75) is 6.42 Å². The van der Waals surface area contributed by atoms with Crippen molar-refractivity contribution in [3.05, 3.63) is 29.8 Å². The van der Waals surface area contributed by atoms with Gasteiger partial charge in [-0.25, -0.2) is 10.3 Å². The van der Waals surface area contributed by atoms with Gasteiger partial charge in [0.15, 0.2) is 6.61 Å². The van der Waals surface area contributed by atoms with E-state index in [0.717, 1.165) is 11.3 Å². The Hall–Kier alpha value is -2.08. The van der Waals surface area contributed by atoms with Gasteiger partial charge in [-0.1, -0.05) is 18.2 Å². The number of para-hydroxylation sites is 1. The van der Waals surface area contributed by atoms with E-state index in [0.29, 0.717) is 6.42 Å². The predicted octanol–water partition coefficient (Wildman–Crippen LogP) is 0.370. The lowest BCUT2D eigenvalue weighted by atomic mass is 9.96. The van der Waals surface area contributed by atoms with Crippen LogP contribution in [0.2, 0.25) is 0 Å². The molecule has 1 aliphatic heterocycles. The first-order valence-corrected chi connectivity index (χ1v) is 5.51. The van der Waals surface area contributed by atoms with E-state index in [-0.39, 0.29) is 18.4 Å². The summed E-state index contributed by atoms with van der Waals surface area (Å²) in [4.78, 5) is 26.4. The van der Waals surface area contributed by atoms with Gasteiger partial charge in [0.25, 0.3) is 0 Å². The lowest BCUT2D eigenvalue weighted by Gasteiger charge is -2.24. The fourth-order valence-electron chi connectivity index (χ4n) is 1.75. The van der Waals surface area contributed by atoms with Crippen molar-refractivity contribution in [1.82, 2.24) is 5.48 Å². The maximum absolute atomic E-state index is 11.7. The summed E-state index contributed by atoms with van der Waals surface area (Å²) in [5, 5.41) is 8.37. The van der Waals surface area contributed by atoms with Crippen molar-refractivity contribution in [1.29, 1.82) is 0 Å². The number of fused-ring (bicyclic) bond motifs is 1. The molecule has 6 heteroatoms. The second-order valence-corrected chi connectivity index (χ2v) is 3.97. The van der Waals surface area contributed by atoms with Gasteiger partial charge in [0.2, 0.25) is 5.91 Å². The zero-order valence-electron chi connectivity index (χ0n) is 9.59. The second kappa shape index (κ2) is 5.50. The first-order valence-electron chi connectivity index (χ1n) is 5.51. The Labute approximate surface area is 103 Å². The van der Waals surface area contributed by atoms with Crippen LogP contribution in [0.3, 0.4) is 0 Å². The summed E-state index contributed by atoms with van der Waals surface area (Å²) in [6, 6.07) is 7.50. The molecule has 1 aliphatic rings. The molecule has 1 heterocycles. The topological polar surface area (TPSA) is 84.9 Å². The summed E-state index contributed by atoms with van der Waals surface area (Å²) in [7, 11) is 0. The Balaban J connectivity index is 1.88. The fraction of sp³-hybridized carbons (Fsp3) is 0.333. The molecule has 0 fully saturated rings. The average Bonchev–Trinajstić information content (AvgIpc) is 2.37. The smallest absolute Gasteiger partial charge is 0.332 e. The van der Waals surface area contributed by atoms with E-state index in [1.54, 1.807) is 0 Å². The molecular weight excluding hydrogens is 238 g/mol. The van der Waals surface area contributed by atoms with Gasteiger partial charge in [-0.3, -0.25) is 9.63 Å². The Morgan fingerprint density at radius 1 is 1.44 bits per heavy atom. The van der Waals surface area contributed by atoms with Crippen LogP contribution in [0.25, 0.3) is 0 Å². The predicted molar refractivity (Wildman–Crippen MR) is 60.9 cm³/mol. The monoisotopic (exact) mass is 251 g/mol. The maximum atomic E-state index is 11.7. The van der Waals surface area contributed by atoms with Crippen LogP contribution in [0.5, 0.6) is 5.75 Å². The Bertz CT molecular complexity index is 460. The summed E-state index contributed by atoms with van der Waals surface area (Å²) in [6.07, 6.45) is 0.554. The molecule has 1 unspecified atom stereocenters. The first kappa shape index (κ1) is 12.4. The molecule has 0 bridgehead atoms. The molecule has 1 amide bonds. The summed E-state index contributed by atoms with van der Waals surface area (Å²) in [5.41, 5.74) is 3.08. The number of carboxylic acid groups (broad SMARTS) is 1. The molecule has 96 valence electrons. The van der Waals surface area contributed by atoms with Gasteiger partial charge in [-0.05, 0) is 18.1 Å². The average molecular weight is 251 g/mol. The molecular formula is C12H13NO5. The molecule has 1 atom stereocenters. The number of ether oxygens (including phenoxy) is 1. The van der Waals surface area contributed by atoms with Crippen molar-refractivity contribution in [2.24, 2.45) is 5.92 Å². The standard InChI is InChI=1S/C12H13NO5/c14-11(15)7-18-13-12(16)9-5-8-3-1-2-4-10(8)17-6-9/h1-4,9H,5-7H2,(H,13,16)(H,14,15). The largest absolute Gasteiger partial charge is 0.492 e. The minimum atomic E-state index is -1.14. The lowest BCUT2D eigenvalue weighted by Crippen LogP contribution is -2.38. The van der Waals surface area contributed by atoms with E-state index >= 15 is 0 Å². The molecule has 18 heavy (non-hydrogen) atoms. The van der Waals surface area contributed by atoms with Crippen LogP contribution in [-0.2, 0) is 20.8 Å². The molecule has 0 saturated carbocycles. The molecule has 2 N–H and O–H groups in total. The van der Waals surface area contributed by atoms with Crippen LogP contribution in [0.15, 0.2) is 24.3 Å². The van der Waals surface area contributed by atoms with Crippen LogP contribution in [0.1, 0.15) is 5.56 Å². The quantitative estimate of drug-likeness (QED) is 0.755. The molecule has 2 rings (SSSR count). The highest BCUT2D eigenvalue weighted by Gasteiger charge is 2.25. The number of aliphatic carboxylic acids is 1. The van der Waals surface area contributed by atoms with Crippen LogP contribution in [0.4, 0.5) is 0 Å². The molecule has 0 spiro atoms. The highest BCUT2D eigenvalue weighted by molar-refractivity contribution is 5.78. The third kappa shape index (κ3) is 2.98. The highest BCUT2D eigenvalue weighted by Crippen LogP contribution is 2.26.